The minimum atomic E-state index is -0.123. The van der Waals surface area contributed by atoms with Crippen molar-refractivity contribution in [2.45, 2.75) is 26.2 Å². The molecule has 0 spiro atoms. The number of rotatable bonds is 3. The smallest absolute Gasteiger partial charge is 0.271 e. The second-order valence-corrected chi connectivity index (χ2v) is 3.22. The predicted octanol–water partition coefficient (Wildman–Crippen LogP) is 1.59. The zero-order valence-corrected chi connectivity index (χ0v) is 8.05. The lowest BCUT2D eigenvalue weighted by molar-refractivity contribution is -0.123. The number of hydrogen-bond acceptors (Lipinski definition) is 2. The van der Waals surface area contributed by atoms with Crippen LogP contribution in [0.3, 0.4) is 0 Å². The Morgan fingerprint density at radius 2 is 2.08 bits per heavy atom. The summed E-state index contributed by atoms with van der Waals surface area (Å²) in [7, 11) is 0. The van der Waals surface area contributed by atoms with Crippen molar-refractivity contribution >= 4 is 11.6 Å². The molecule has 0 atom stereocenters. The molecule has 13 heavy (non-hydrogen) atoms. The fourth-order valence-electron chi connectivity index (χ4n) is 1.40. The first-order valence-corrected chi connectivity index (χ1v) is 4.80. The largest absolute Gasteiger partial charge is 0.337 e. The minimum Gasteiger partial charge on any atom is -0.337 e. The fraction of sp³-hybridized carbons (Fsp3) is 0.600. The van der Waals surface area contributed by atoms with Crippen LogP contribution in [0.15, 0.2) is 12.2 Å². The van der Waals surface area contributed by atoms with Gasteiger partial charge in [-0.25, -0.2) is 0 Å². The first-order chi connectivity index (χ1) is 6.25. The predicted molar refractivity (Wildman–Crippen MR) is 53.0 cm³/mol. The number of allylic oxidation sites excluding steroid dienone is 1. The van der Waals surface area contributed by atoms with E-state index in [9.17, 15) is 4.79 Å². The molecule has 1 aliphatic rings. The highest BCUT2D eigenvalue weighted by atomic mass is 16.2. The maximum Gasteiger partial charge on any atom is 0.271 e. The van der Waals surface area contributed by atoms with Gasteiger partial charge in [-0.15, -0.1) is 0 Å². The van der Waals surface area contributed by atoms with Gasteiger partial charge in [0.05, 0.1) is 0 Å². The Hall–Kier alpha value is -1.12. The molecule has 1 saturated heterocycles. The molecular formula is C10H16N2O. The molecule has 0 saturated carbocycles. The molecule has 1 heterocycles. The van der Waals surface area contributed by atoms with Gasteiger partial charge in [0.1, 0.15) is 5.71 Å². The van der Waals surface area contributed by atoms with Crippen molar-refractivity contribution in [1.82, 2.24) is 4.90 Å². The summed E-state index contributed by atoms with van der Waals surface area (Å²) in [6.07, 6.45) is 6.47. The highest BCUT2D eigenvalue weighted by Gasteiger charge is 2.19. The Labute approximate surface area is 78.9 Å². The van der Waals surface area contributed by atoms with E-state index in [0.717, 1.165) is 32.4 Å². The number of hydrogen-bond donors (Lipinski definition) is 1. The highest BCUT2D eigenvalue weighted by molar-refractivity contribution is 6.41. The van der Waals surface area contributed by atoms with Gasteiger partial charge >= 0.3 is 0 Å². The van der Waals surface area contributed by atoms with Crippen LogP contribution < -0.4 is 0 Å². The van der Waals surface area contributed by atoms with Gasteiger partial charge in [-0.05, 0) is 25.3 Å². The average molecular weight is 180 g/mol. The summed E-state index contributed by atoms with van der Waals surface area (Å²) in [5.74, 6) is -0.123. The van der Waals surface area contributed by atoms with E-state index in [4.69, 9.17) is 5.41 Å². The molecule has 0 aromatic heterocycles. The summed E-state index contributed by atoms with van der Waals surface area (Å²) >= 11 is 0. The van der Waals surface area contributed by atoms with Crippen LogP contribution in [0.1, 0.15) is 26.2 Å². The zero-order chi connectivity index (χ0) is 9.68. The van der Waals surface area contributed by atoms with Crippen molar-refractivity contribution in [3.63, 3.8) is 0 Å². The zero-order valence-electron chi connectivity index (χ0n) is 8.05. The van der Waals surface area contributed by atoms with E-state index in [-0.39, 0.29) is 11.6 Å². The third-order valence-electron chi connectivity index (χ3n) is 2.14. The molecule has 1 N–H and O–H groups in total. The Kier molecular flexibility index (Phi) is 3.68. The molecule has 3 nitrogen and oxygen atoms in total. The molecule has 1 amide bonds. The lowest BCUT2D eigenvalue weighted by Gasteiger charge is -2.13. The van der Waals surface area contributed by atoms with E-state index in [1.807, 2.05) is 13.0 Å². The molecule has 1 rings (SSSR count). The summed E-state index contributed by atoms with van der Waals surface area (Å²) in [6.45, 7) is 3.63. The molecule has 0 aliphatic carbocycles. The van der Waals surface area contributed by atoms with Crippen molar-refractivity contribution < 1.29 is 4.79 Å². The third-order valence-corrected chi connectivity index (χ3v) is 2.14. The standard InChI is InChI=1S/C10H16N2O/c1-2-3-6-9(11)10(13)12-7-4-5-8-12/h3,6,11H,2,4-5,7-8H2,1H3. The Bertz CT molecular complexity index is 227. The van der Waals surface area contributed by atoms with Crippen molar-refractivity contribution in [3.05, 3.63) is 12.2 Å². The van der Waals surface area contributed by atoms with Crippen molar-refractivity contribution in [3.8, 4) is 0 Å². The van der Waals surface area contributed by atoms with Gasteiger partial charge in [0.25, 0.3) is 5.91 Å². The van der Waals surface area contributed by atoms with Gasteiger partial charge in [0.15, 0.2) is 0 Å². The fourth-order valence-corrected chi connectivity index (χ4v) is 1.40. The number of carbonyl (C=O) groups is 1. The first-order valence-electron chi connectivity index (χ1n) is 4.80. The monoisotopic (exact) mass is 180 g/mol. The van der Waals surface area contributed by atoms with Crippen LogP contribution in [0.4, 0.5) is 0 Å². The summed E-state index contributed by atoms with van der Waals surface area (Å²) in [5, 5.41) is 7.48. The van der Waals surface area contributed by atoms with E-state index in [2.05, 4.69) is 0 Å². The van der Waals surface area contributed by atoms with Crippen LogP contribution in [-0.2, 0) is 4.79 Å². The minimum absolute atomic E-state index is 0.115. The molecule has 1 fully saturated rings. The normalized spacial score (nSPS) is 16.8. The van der Waals surface area contributed by atoms with Crippen LogP contribution in [-0.4, -0.2) is 29.6 Å². The second-order valence-electron chi connectivity index (χ2n) is 3.22. The molecule has 0 bridgehead atoms. The number of carbonyl (C=O) groups excluding carboxylic acids is 1. The van der Waals surface area contributed by atoms with E-state index in [0.29, 0.717) is 0 Å². The summed E-state index contributed by atoms with van der Waals surface area (Å²) in [5.41, 5.74) is 0.115. The van der Waals surface area contributed by atoms with E-state index in [1.54, 1.807) is 11.0 Å². The molecule has 72 valence electrons. The van der Waals surface area contributed by atoms with Gasteiger partial charge in [-0.3, -0.25) is 10.2 Å². The molecule has 0 radical (unpaired) electrons. The number of amides is 1. The Morgan fingerprint density at radius 3 is 2.62 bits per heavy atom. The van der Waals surface area contributed by atoms with E-state index >= 15 is 0 Å². The highest BCUT2D eigenvalue weighted by Crippen LogP contribution is 2.07. The van der Waals surface area contributed by atoms with Crippen LogP contribution in [0.25, 0.3) is 0 Å². The molecule has 3 heteroatoms. The maximum atomic E-state index is 11.5. The lowest BCUT2D eigenvalue weighted by atomic mass is 10.3. The molecule has 1 aliphatic heterocycles. The maximum absolute atomic E-state index is 11.5. The first kappa shape index (κ1) is 9.96. The van der Waals surface area contributed by atoms with Crippen LogP contribution >= 0.6 is 0 Å². The molecule has 0 aromatic carbocycles. The SMILES string of the molecule is CCC=CC(=N)C(=O)N1CCCC1. The number of nitrogens with zero attached hydrogens (tertiary/aromatic N) is 1. The molecule has 0 unspecified atom stereocenters. The van der Waals surface area contributed by atoms with Gasteiger partial charge in [-0.1, -0.05) is 13.0 Å². The van der Waals surface area contributed by atoms with Crippen LogP contribution in [0.2, 0.25) is 0 Å². The Morgan fingerprint density at radius 1 is 1.46 bits per heavy atom. The summed E-state index contributed by atoms with van der Waals surface area (Å²) in [4.78, 5) is 13.3. The van der Waals surface area contributed by atoms with Crippen LogP contribution in [0.5, 0.6) is 0 Å². The van der Waals surface area contributed by atoms with Gasteiger partial charge in [0, 0.05) is 13.1 Å². The van der Waals surface area contributed by atoms with Gasteiger partial charge in [-0.2, -0.15) is 0 Å². The van der Waals surface area contributed by atoms with Crippen molar-refractivity contribution in [2.24, 2.45) is 0 Å². The lowest BCUT2D eigenvalue weighted by Crippen LogP contribution is -2.32. The quantitative estimate of drug-likeness (QED) is 0.659. The van der Waals surface area contributed by atoms with E-state index in [1.165, 1.54) is 0 Å². The van der Waals surface area contributed by atoms with Gasteiger partial charge < -0.3 is 4.90 Å². The second kappa shape index (κ2) is 4.80. The topological polar surface area (TPSA) is 44.2 Å². The summed E-state index contributed by atoms with van der Waals surface area (Å²) in [6, 6.07) is 0. The van der Waals surface area contributed by atoms with Gasteiger partial charge in [0.2, 0.25) is 0 Å². The Balaban J connectivity index is 2.46. The average Bonchev–Trinajstić information content (AvgIpc) is 2.65. The summed E-state index contributed by atoms with van der Waals surface area (Å²) < 4.78 is 0. The molecular weight excluding hydrogens is 164 g/mol. The third kappa shape index (κ3) is 2.68. The van der Waals surface area contributed by atoms with Crippen molar-refractivity contribution in [1.29, 1.82) is 5.41 Å². The van der Waals surface area contributed by atoms with Crippen molar-refractivity contribution in [2.75, 3.05) is 13.1 Å². The number of nitrogens with one attached hydrogen (secondary N) is 1. The van der Waals surface area contributed by atoms with Crippen LogP contribution in [0, 0.1) is 5.41 Å². The molecule has 0 aromatic rings. The van der Waals surface area contributed by atoms with E-state index < -0.39 is 0 Å². The number of likely N-dealkylation sites (tertiary alicyclic amines) is 1.